The van der Waals surface area contributed by atoms with Crippen molar-refractivity contribution in [3.63, 3.8) is 0 Å². The van der Waals surface area contributed by atoms with Crippen molar-refractivity contribution in [2.24, 2.45) is 0 Å². The molecule has 0 unspecified atom stereocenters. The standard InChI is InChI=1S/C9H9F2NO2/c1-14-7(13)5-6-3-2-4-12-8(6)9(10)11/h2-4,9H,5H2,1H3. The Balaban J connectivity index is 2.90. The van der Waals surface area contributed by atoms with Crippen LogP contribution in [0.15, 0.2) is 18.3 Å². The second kappa shape index (κ2) is 4.64. The quantitative estimate of drug-likeness (QED) is 0.699. The number of nitrogens with zero attached hydrogens (tertiary/aromatic N) is 1. The van der Waals surface area contributed by atoms with E-state index < -0.39 is 12.4 Å². The first-order valence-corrected chi connectivity index (χ1v) is 3.94. The van der Waals surface area contributed by atoms with E-state index >= 15 is 0 Å². The van der Waals surface area contributed by atoms with Crippen molar-refractivity contribution in [1.29, 1.82) is 0 Å². The molecule has 0 bridgehead atoms. The Hall–Kier alpha value is -1.52. The maximum absolute atomic E-state index is 12.4. The molecule has 0 saturated carbocycles. The Morgan fingerprint density at radius 1 is 1.64 bits per heavy atom. The lowest BCUT2D eigenvalue weighted by molar-refractivity contribution is -0.139. The van der Waals surface area contributed by atoms with E-state index in [9.17, 15) is 13.6 Å². The highest BCUT2D eigenvalue weighted by Crippen LogP contribution is 2.20. The molecule has 0 fully saturated rings. The van der Waals surface area contributed by atoms with Crippen molar-refractivity contribution >= 4 is 5.97 Å². The fourth-order valence-electron chi connectivity index (χ4n) is 1.02. The maximum atomic E-state index is 12.4. The van der Waals surface area contributed by atoms with Crippen LogP contribution in [0.3, 0.4) is 0 Å². The number of halogens is 2. The molecule has 5 heteroatoms. The number of ether oxygens (including phenoxy) is 1. The summed E-state index contributed by atoms with van der Waals surface area (Å²) >= 11 is 0. The molecular weight excluding hydrogens is 192 g/mol. The van der Waals surface area contributed by atoms with Crippen LogP contribution in [0, 0.1) is 0 Å². The molecule has 1 aromatic heterocycles. The van der Waals surface area contributed by atoms with Crippen LogP contribution in [0.5, 0.6) is 0 Å². The number of carbonyl (C=O) groups excluding carboxylic acids is 1. The summed E-state index contributed by atoms with van der Waals surface area (Å²) in [6, 6.07) is 2.94. The minimum atomic E-state index is -2.67. The second-order valence-corrected chi connectivity index (χ2v) is 2.60. The molecule has 1 aromatic rings. The van der Waals surface area contributed by atoms with E-state index in [-0.39, 0.29) is 17.7 Å². The van der Waals surface area contributed by atoms with Crippen molar-refractivity contribution in [3.05, 3.63) is 29.6 Å². The van der Waals surface area contributed by atoms with Gasteiger partial charge in [-0.15, -0.1) is 0 Å². The van der Waals surface area contributed by atoms with Crippen LogP contribution in [0.1, 0.15) is 17.7 Å². The average Bonchev–Trinajstić information content (AvgIpc) is 2.18. The van der Waals surface area contributed by atoms with Gasteiger partial charge in [0, 0.05) is 6.20 Å². The molecule has 1 heterocycles. The third-order valence-corrected chi connectivity index (χ3v) is 1.70. The molecule has 0 atom stereocenters. The van der Waals surface area contributed by atoms with Crippen LogP contribution in [-0.2, 0) is 16.0 Å². The fraction of sp³-hybridized carbons (Fsp3) is 0.333. The molecule has 14 heavy (non-hydrogen) atoms. The normalized spacial score (nSPS) is 10.3. The van der Waals surface area contributed by atoms with Crippen molar-refractivity contribution in [1.82, 2.24) is 4.98 Å². The van der Waals surface area contributed by atoms with Crippen molar-refractivity contribution in [2.45, 2.75) is 12.8 Å². The molecule has 76 valence electrons. The van der Waals surface area contributed by atoms with Gasteiger partial charge in [0.05, 0.1) is 13.5 Å². The highest BCUT2D eigenvalue weighted by Gasteiger charge is 2.16. The molecule has 0 N–H and O–H groups in total. The van der Waals surface area contributed by atoms with E-state index in [0.717, 1.165) is 0 Å². The van der Waals surface area contributed by atoms with Crippen LogP contribution >= 0.6 is 0 Å². The van der Waals surface area contributed by atoms with E-state index in [1.54, 1.807) is 0 Å². The number of rotatable bonds is 3. The lowest BCUT2D eigenvalue weighted by atomic mass is 10.1. The molecule has 0 aliphatic heterocycles. The van der Waals surface area contributed by atoms with Crippen LogP contribution < -0.4 is 0 Å². The number of esters is 1. The first kappa shape index (κ1) is 10.6. The smallest absolute Gasteiger partial charge is 0.310 e. The molecule has 3 nitrogen and oxygen atoms in total. The molecule has 0 radical (unpaired) electrons. The van der Waals surface area contributed by atoms with Crippen LogP contribution in [0.4, 0.5) is 8.78 Å². The number of carbonyl (C=O) groups is 1. The summed E-state index contributed by atoms with van der Waals surface area (Å²) in [4.78, 5) is 14.4. The second-order valence-electron chi connectivity index (χ2n) is 2.60. The average molecular weight is 201 g/mol. The minimum absolute atomic E-state index is 0.177. The van der Waals surface area contributed by atoms with Crippen LogP contribution in [0.2, 0.25) is 0 Å². The molecular formula is C9H9F2NO2. The zero-order valence-corrected chi connectivity index (χ0v) is 7.54. The van der Waals surface area contributed by atoms with Gasteiger partial charge in [-0.3, -0.25) is 9.78 Å². The number of hydrogen-bond donors (Lipinski definition) is 0. The van der Waals surface area contributed by atoms with E-state index in [1.807, 2.05) is 0 Å². The Labute approximate surface area is 79.7 Å². The molecule has 0 aromatic carbocycles. The van der Waals surface area contributed by atoms with E-state index in [1.165, 1.54) is 25.4 Å². The minimum Gasteiger partial charge on any atom is -0.469 e. The zero-order valence-electron chi connectivity index (χ0n) is 7.54. The first-order chi connectivity index (χ1) is 6.65. The maximum Gasteiger partial charge on any atom is 0.310 e. The summed E-state index contributed by atoms with van der Waals surface area (Å²) in [6.45, 7) is 0. The number of alkyl halides is 2. The van der Waals surface area contributed by atoms with Gasteiger partial charge in [0.1, 0.15) is 5.69 Å². The van der Waals surface area contributed by atoms with Gasteiger partial charge in [0.25, 0.3) is 6.43 Å². The Morgan fingerprint density at radius 2 is 2.36 bits per heavy atom. The number of pyridine rings is 1. The third-order valence-electron chi connectivity index (χ3n) is 1.70. The van der Waals surface area contributed by atoms with Gasteiger partial charge in [0.2, 0.25) is 0 Å². The number of methoxy groups -OCH3 is 1. The molecule has 1 rings (SSSR count). The van der Waals surface area contributed by atoms with Gasteiger partial charge in [-0.05, 0) is 11.6 Å². The summed E-state index contributed by atoms with van der Waals surface area (Å²) < 4.78 is 29.1. The highest BCUT2D eigenvalue weighted by atomic mass is 19.3. The van der Waals surface area contributed by atoms with Crippen molar-refractivity contribution in [2.75, 3.05) is 7.11 Å². The van der Waals surface area contributed by atoms with E-state index in [0.29, 0.717) is 0 Å². The fourth-order valence-corrected chi connectivity index (χ4v) is 1.02. The molecule has 0 saturated heterocycles. The van der Waals surface area contributed by atoms with Crippen molar-refractivity contribution in [3.8, 4) is 0 Å². The summed E-state index contributed by atoms with van der Waals surface area (Å²) in [6.07, 6.45) is -1.58. The molecule has 0 aliphatic rings. The summed E-state index contributed by atoms with van der Waals surface area (Å²) in [5.74, 6) is -0.556. The van der Waals surface area contributed by atoms with Crippen LogP contribution in [0.25, 0.3) is 0 Å². The summed E-state index contributed by atoms with van der Waals surface area (Å²) in [5, 5.41) is 0. The highest BCUT2D eigenvalue weighted by molar-refractivity contribution is 5.72. The van der Waals surface area contributed by atoms with E-state index in [2.05, 4.69) is 9.72 Å². The Bertz CT molecular complexity index is 328. The predicted molar refractivity (Wildman–Crippen MR) is 44.9 cm³/mol. The van der Waals surface area contributed by atoms with Gasteiger partial charge in [0.15, 0.2) is 0 Å². The summed E-state index contributed by atoms with van der Waals surface area (Å²) in [7, 11) is 1.21. The topological polar surface area (TPSA) is 39.2 Å². The first-order valence-electron chi connectivity index (χ1n) is 3.94. The lowest BCUT2D eigenvalue weighted by Gasteiger charge is -2.05. The third kappa shape index (κ3) is 2.48. The summed E-state index contributed by atoms with van der Waals surface area (Å²) in [5.41, 5.74) is -0.160. The van der Waals surface area contributed by atoms with Gasteiger partial charge in [-0.2, -0.15) is 0 Å². The lowest BCUT2D eigenvalue weighted by Crippen LogP contribution is -2.08. The molecule has 0 aliphatic carbocycles. The van der Waals surface area contributed by atoms with Crippen molar-refractivity contribution < 1.29 is 18.3 Å². The number of hydrogen-bond acceptors (Lipinski definition) is 3. The Kier molecular flexibility index (Phi) is 3.50. The van der Waals surface area contributed by atoms with Gasteiger partial charge < -0.3 is 4.74 Å². The zero-order chi connectivity index (χ0) is 10.6. The number of aromatic nitrogens is 1. The van der Waals surface area contributed by atoms with Gasteiger partial charge in [-0.1, -0.05) is 6.07 Å². The predicted octanol–water partition coefficient (Wildman–Crippen LogP) is 1.73. The van der Waals surface area contributed by atoms with Gasteiger partial charge in [-0.25, -0.2) is 8.78 Å². The Morgan fingerprint density at radius 3 is 2.93 bits per heavy atom. The SMILES string of the molecule is COC(=O)Cc1cccnc1C(F)F. The van der Waals surface area contributed by atoms with Crippen LogP contribution in [-0.4, -0.2) is 18.1 Å². The van der Waals surface area contributed by atoms with E-state index in [4.69, 9.17) is 0 Å². The monoisotopic (exact) mass is 201 g/mol. The largest absolute Gasteiger partial charge is 0.469 e. The van der Waals surface area contributed by atoms with Gasteiger partial charge >= 0.3 is 5.97 Å². The molecule has 0 spiro atoms. The molecule has 0 amide bonds.